The molecule has 0 spiro atoms. The van der Waals surface area contributed by atoms with Crippen LogP contribution < -0.4 is 0 Å². The second-order valence-electron chi connectivity index (χ2n) is 1.31. The molecule has 0 atom stereocenters. The van der Waals surface area contributed by atoms with E-state index in [4.69, 9.17) is 0 Å². The molecule has 0 bridgehead atoms. The standard InChI is InChI=1S/C3H3F3O2S/c1-9(7,8)3(6)2(4)5/h1H3. The van der Waals surface area contributed by atoms with Crippen LogP contribution in [0, 0.1) is 0 Å². The first kappa shape index (κ1) is 8.48. The number of hydrogen-bond donors (Lipinski definition) is 0. The van der Waals surface area contributed by atoms with Gasteiger partial charge in [-0.25, -0.2) is 8.42 Å². The topological polar surface area (TPSA) is 34.1 Å². The van der Waals surface area contributed by atoms with Gasteiger partial charge in [-0.1, -0.05) is 0 Å². The van der Waals surface area contributed by atoms with E-state index in [1.807, 2.05) is 0 Å². The molecule has 0 aliphatic heterocycles. The van der Waals surface area contributed by atoms with Crippen LogP contribution >= 0.6 is 0 Å². The maximum absolute atomic E-state index is 11.6. The molecular weight excluding hydrogens is 157 g/mol. The lowest BCUT2D eigenvalue weighted by Crippen LogP contribution is -1.96. The largest absolute Gasteiger partial charge is 0.317 e. The minimum Gasteiger partial charge on any atom is -0.221 e. The highest BCUT2D eigenvalue weighted by molar-refractivity contribution is 7.94. The second-order valence-corrected chi connectivity index (χ2v) is 3.21. The molecule has 0 unspecified atom stereocenters. The van der Waals surface area contributed by atoms with Crippen LogP contribution in [0.2, 0.25) is 0 Å². The van der Waals surface area contributed by atoms with Crippen molar-refractivity contribution in [3.05, 3.63) is 11.2 Å². The van der Waals surface area contributed by atoms with Gasteiger partial charge in [0.15, 0.2) is 0 Å². The van der Waals surface area contributed by atoms with E-state index in [9.17, 15) is 21.6 Å². The van der Waals surface area contributed by atoms with E-state index in [0.29, 0.717) is 6.26 Å². The van der Waals surface area contributed by atoms with Gasteiger partial charge in [-0.05, 0) is 0 Å². The molecule has 6 heteroatoms. The smallest absolute Gasteiger partial charge is 0.221 e. The van der Waals surface area contributed by atoms with Gasteiger partial charge >= 0.3 is 6.08 Å². The molecule has 0 saturated heterocycles. The lowest BCUT2D eigenvalue weighted by atomic mass is 11.1. The number of hydrogen-bond acceptors (Lipinski definition) is 2. The first-order valence-electron chi connectivity index (χ1n) is 1.76. The maximum atomic E-state index is 11.6. The van der Waals surface area contributed by atoms with Crippen LogP contribution in [-0.2, 0) is 9.84 Å². The van der Waals surface area contributed by atoms with Gasteiger partial charge in [0.25, 0.3) is 5.16 Å². The van der Waals surface area contributed by atoms with E-state index in [0.717, 1.165) is 0 Å². The van der Waals surface area contributed by atoms with Crippen LogP contribution in [0.5, 0.6) is 0 Å². The van der Waals surface area contributed by atoms with Gasteiger partial charge in [0, 0.05) is 6.26 Å². The summed E-state index contributed by atoms with van der Waals surface area (Å²) in [6.45, 7) is 0. The summed E-state index contributed by atoms with van der Waals surface area (Å²) in [5.41, 5.74) is 0. The van der Waals surface area contributed by atoms with Gasteiger partial charge in [-0.3, -0.25) is 0 Å². The molecule has 0 aliphatic carbocycles. The van der Waals surface area contributed by atoms with Crippen molar-refractivity contribution < 1.29 is 21.6 Å². The number of halogens is 3. The Morgan fingerprint density at radius 1 is 1.22 bits per heavy atom. The van der Waals surface area contributed by atoms with Crippen LogP contribution in [0.15, 0.2) is 11.2 Å². The van der Waals surface area contributed by atoms with E-state index in [2.05, 4.69) is 0 Å². The van der Waals surface area contributed by atoms with E-state index in [1.165, 1.54) is 0 Å². The van der Waals surface area contributed by atoms with E-state index in [-0.39, 0.29) is 0 Å². The normalized spacial score (nSPS) is 11.1. The third-order valence-electron chi connectivity index (χ3n) is 0.474. The van der Waals surface area contributed by atoms with E-state index in [1.54, 1.807) is 0 Å². The van der Waals surface area contributed by atoms with Gasteiger partial charge in [0.2, 0.25) is 9.84 Å². The lowest BCUT2D eigenvalue weighted by Gasteiger charge is -1.87. The molecule has 0 aromatic carbocycles. The zero-order valence-corrected chi connectivity index (χ0v) is 5.18. The summed E-state index contributed by atoms with van der Waals surface area (Å²) in [6.07, 6.45) is -2.45. The fourth-order valence-corrected chi connectivity index (χ4v) is 0.420. The van der Waals surface area contributed by atoms with Crippen molar-refractivity contribution in [2.75, 3.05) is 6.26 Å². The molecule has 0 saturated carbocycles. The van der Waals surface area contributed by atoms with Crippen LogP contribution in [0.25, 0.3) is 0 Å². The third kappa shape index (κ3) is 2.50. The monoisotopic (exact) mass is 160 g/mol. The Morgan fingerprint density at radius 3 is 1.56 bits per heavy atom. The van der Waals surface area contributed by atoms with Crippen molar-refractivity contribution in [1.29, 1.82) is 0 Å². The second kappa shape index (κ2) is 2.38. The Labute approximate surface area is 49.9 Å². The fourth-order valence-electron chi connectivity index (χ4n) is 0.140. The van der Waals surface area contributed by atoms with E-state index >= 15 is 0 Å². The summed E-state index contributed by atoms with van der Waals surface area (Å²) in [7, 11) is -4.34. The average molecular weight is 160 g/mol. The van der Waals surface area contributed by atoms with Crippen LogP contribution in [0.3, 0.4) is 0 Å². The molecule has 0 heterocycles. The Kier molecular flexibility index (Phi) is 2.25. The molecule has 0 N–H and O–H groups in total. The minimum atomic E-state index is -4.34. The van der Waals surface area contributed by atoms with Crippen molar-refractivity contribution in [2.24, 2.45) is 0 Å². The predicted molar refractivity (Wildman–Crippen MR) is 25.2 cm³/mol. The van der Waals surface area contributed by atoms with Crippen LogP contribution in [0.4, 0.5) is 13.2 Å². The Morgan fingerprint density at radius 2 is 1.56 bits per heavy atom. The van der Waals surface area contributed by atoms with Crippen molar-refractivity contribution in [2.45, 2.75) is 0 Å². The molecule has 0 amide bonds. The number of rotatable bonds is 1. The van der Waals surface area contributed by atoms with Gasteiger partial charge < -0.3 is 0 Å². The highest BCUT2D eigenvalue weighted by Crippen LogP contribution is 2.13. The molecular formula is C3H3F3O2S. The van der Waals surface area contributed by atoms with Gasteiger partial charge in [-0.2, -0.15) is 13.2 Å². The fraction of sp³-hybridized carbons (Fsp3) is 0.333. The van der Waals surface area contributed by atoms with Crippen molar-refractivity contribution in [1.82, 2.24) is 0 Å². The third-order valence-corrected chi connectivity index (χ3v) is 1.28. The summed E-state index contributed by atoms with van der Waals surface area (Å²) in [5, 5.41) is -2.36. The Balaban J connectivity index is 4.86. The molecule has 0 aromatic rings. The van der Waals surface area contributed by atoms with Crippen molar-refractivity contribution >= 4 is 9.84 Å². The van der Waals surface area contributed by atoms with Gasteiger partial charge in [-0.15, -0.1) is 0 Å². The lowest BCUT2D eigenvalue weighted by molar-refractivity contribution is 0.391. The summed E-state index contributed by atoms with van der Waals surface area (Å²) in [4.78, 5) is 0. The highest BCUT2D eigenvalue weighted by atomic mass is 32.2. The molecule has 2 nitrogen and oxygen atoms in total. The highest BCUT2D eigenvalue weighted by Gasteiger charge is 2.16. The predicted octanol–water partition coefficient (Wildman–Crippen LogP) is 1.07. The summed E-state index contributed by atoms with van der Waals surface area (Å²) in [6, 6.07) is 0. The van der Waals surface area contributed by atoms with Crippen molar-refractivity contribution in [3.63, 3.8) is 0 Å². The first-order chi connectivity index (χ1) is 3.85. The number of sulfone groups is 1. The molecule has 0 rings (SSSR count). The quantitative estimate of drug-likeness (QED) is 0.574. The summed E-state index contributed by atoms with van der Waals surface area (Å²) >= 11 is 0. The first-order valence-corrected chi connectivity index (χ1v) is 3.65. The summed E-state index contributed by atoms with van der Waals surface area (Å²) in [5.74, 6) is 0. The van der Waals surface area contributed by atoms with Crippen LogP contribution in [0.1, 0.15) is 0 Å². The Bertz CT molecular complexity index is 223. The summed E-state index contributed by atoms with van der Waals surface area (Å²) < 4.78 is 53.4. The average Bonchev–Trinajstić information content (AvgIpc) is 1.62. The molecule has 0 aromatic heterocycles. The van der Waals surface area contributed by atoms with Gasteiger partial charge in [0.05, 0.1) is 0 Å². The van der Waals surface area contributed by atoms with Crippen LogP contribution in [-0.4, -0.2) is 14.7 Å². The molecule has 54 valence electrons. The molecule has 0 radical (unpaired) electrons. The molecule has 9 heavy (non-hydrogen) atoms. The SMILES string of the molecule is CS(=O)(=O)C(F)=C(F)F. The van der Waals surface area contributed by atoms with Crippen molar-refractivity contribution in [3.8, 4) is 0 Å². The maximum Gasteiger partial charge on any atom is 0.317 e. The molecule has 0 aliphatic rings. The minimum absolute atomic E-state index is 0.363. The van der Waals surface area contributed by atoms with E-state index < -0.39 is 21.1 Å². The zero-order valence-electron chi connectivity index (χ0n) is 4.36. The Hall–Kier alpha value is -0.520. The molecule has 0 fully saturated rings. The zero-order chi connectivity index (χ0) is 7.65. The van der Waals surface area contributed by atoms with Gasteiger partial charge in [0.1, 0.15) is 0 Å².